The van der Waals surface area contributed by atoms with Crippen LogP contribution in [0.15, 0.2) is 24.3 Å². The van der Waals surface area contributed by atoms with Crippen LogP contribution in [0.5, 0.6) is 0 Å². The summed E-state index contributed by atoms with van der Waals surface area (Å²) in [5.41, 5.74) is 1.92. The Labute approximate surface area is 115 Å². The summed E-state index contributed by atoms with van der Waals surface area (Å²) in [5, 5.41) is 5.36. The predicted molar refractivity (Wildman–Crippen MR) is 73.1 cm³/mol. The van der Waals surface area contributed by atoms with Crippen LogP contribution >= 0.6 is 23.2 Å². The molecule has 0 aliphatic rings. The van der Waals surface area contributed by atoms with Crippen LogP contribution in [-0.4, -0.2) is 16.1 Å². The molecule has 0 saturated heterocycles. The van der Waals surface area contributed by atoms with Crippen molar-refractivity contribution in [2.24, 2.45) is 0 Å². The van der Waals surface area contributed by atoms with Crippen LogP contribution in [0.1, 0.15) is 35.8 Å². The summed E-state index contributed by atoms with van der Waals surface area (Å²) >= 11 is 12.0. The van der Waals surface area contributed by atoms with Crippen LogP contribution in [0.3, 0.4) is 0 Å². The second-order valence-electron chi connectivity index (χ2n) is 4.25. The van der Waals surface area contributed by atoms with E-state index in [4.69, 9.17) is 23.2 Å². The van der Waals surface area contributed by atoms with Gasteiger partial charge in [-0.25, -0.2) is 4.68 Å². The third-order valence-corrected chi connectivity index (χ3v) is 3.24. The molecule has 2 rings (SSSR count). The van der Waals surface area contributed by atoms with E-state index in [0.717, 1.165) is 12.0 Å². The Morgan fingerprint density at radius 3 is 2.28 bits per heavy atom. The van der Waals surface area contributed by atoms with Crippen LogP contribution < -0.4 is 0 Å². The Hall–Kier alpha value is -1.32. The number of halogens is 2. The number of rotatable bonds is 3. The Morgan fingerprint density at radius 1 is 1.22 bits per heavy atom. The quantitative estimate of drug-likeness (QED) is 0.794. The Morgan fingerprint density at radius 2 is 1.83 bits per heavy atom. The molecule has 1 aromatic heterocycles. The van der Waals surface area contributed by atoms with Gasteiger partial charge < -0.3 is 0 Å². The van der Waals surface area contributed by atoms with Crippen LogP contribution in [0.4, 0.5) is 0 Å². The summed E-state index contributed by atoms with van der Waals surface area (Å²) in [5.74, 6) is 0.135. The fourth-order valence-corrected chi connectivity index (χ4v) is 2.12. The van der Waals surface area contributed by atoms with E-state index in [1.807, 2.05) is 13.8 Å². The molecule has 0 atom stereocenters. The zero-order chi connectivity index (χ0) is 13.3. The Kier molecular flexibility index (Phi) is 3.73. The summed E-state index contributed by atoms with van der Waals surface area (Å²) < 4.78 is 1.55. The lowest BCUT2D eigenvalue weighted by molar-refractivity contribution is 0.112. The van der Waals surface area contributed by atoms with Gasteiger partial charge in [-0.1, -0.05) is 37.0 Å². The first-order valence-electron chi connectivity index (χ1n) is 5.54. The van der Waals surface area contributed by atoms with Crippen molar-refractivity contribution in [2.75, 3.05) is 0 Å². The van der Waals surface area contributed by atoms with Gasteiger partial charge in [-0.3, -0.25) is 4.79 Å². The van der Waals surface area contributed by atoms with Crippen molar-refractivity contribution >= 4 is 29.5 Å². The number of hydrogen-bond acceptors (Lipinski definition) is 2. The fourth-order valence-electron chi connectivity index (χ4n) is 1.71. The van der Waals surface area contributed by atoms with Crippen molar-refractivity contribution in [1.29, 1.82) is 0 Å². The van der Waals surface area contributed by atoms with Crippen LogP contribution in [-0.2, 0) is 0 Å². The molecule has 1 heterocycles. The molecule has 0 fully saturated rings. The van der Waals surface area contributed by atoms with Gasteiger partial charge in [0.15, 0.2) is 6.29 Å². The summed E-state index contributed by atoms with van der Waals surface area (Å²) in [7, 11) is 0. The summed E-state index contributed by atoms with van der Waals surface area (Å²) in [6.45, 7) is 3.94. The number of hydrogen-bond donors (Lipinski definition) is 0. The molecule has 0 aliphatic carbocycles. The van der Waals surface area contributed by atoms with Crippen molar-refractivity contribution < 1.29 is 4.79 Å². The molecule has 0 spiro atoms. The van der Waals surface area contributed by atoms with Gasteiger partial charge in [-0.05, 0) is 30.2 Å². The Balaban J connectivity index is 2.58. The molecule has 0 bridgehead atoms. The minimum atomic E-state index is 0.135. The second kappa shape index (κ2) is 5.12. The standard InChI is InChI=1S/C13H12Cl2N2O/c1-8(2)12-11(7-18)13(15)17(16-12)10-5-3-9(14)4-6-10/h3-8H,1-2H3. The van der Waals surface area contributed by atoms with E-state index in [-0.39, 0.29) is 5.92 Å². The van der Waals surface area contributed by atoms with E-state index in [0.29, 0.717) is 21.4 Å². The highest BCUT2D eigenvalue weighted by Gasteiger charge is 2.18. The van der Waals surface area contributed by atoms with E-state index >= 15 is 0 Å². The molecule has 0 N–H and O–H groups in total. The van der Waals surface area contributed by atoms with Gasteiger partial charge in [0.2, 0.25) is 0 Å². The van der Waals surface area contributed by atoms with Gasteiger partial charge in [-0.2, -0.15) is 5.10 Å². The number of aldehydes is 1. The van der Waals surface area contributed by atoms with E-state index in [1.165, 1.54) is 0 Å². The molecular formula is C13H12Cl2N2O. The first kappa shape index (κ1) is 13.1. The molecule has 0 saturated carbocycles. The van der Waals surface area contributed by atoms with Crippen molar-refractivity contribution in [2.45, 2.75) is 19.8 Å². The van der Waals surface area contributed by atoms with Crippen molar-refractivity contribution in [3.05, 3.63) is 45.7 Å². The topological polar surface area (TPSA) is 34.9 Å². The van der Waals surface area contributed by atoms with E-state index < -0.39 is 0 Å². The second-order valence-corrected chi connectivity index (χ2v) is 5.04. The highest BCUT2D eigenvalue weighted by atomic mass is 35.5. The molecule has 0 aliphatic heterocycles. The van der Waals surface area contributed by atoms with Gasteiger partial charge in [0.05, 0.1) is 16.9 Å². The third-order valence-electron chi connectivity index (χ3n) is 2.63. The van der Waals surface area contributed by atoms with Crippen LogP contribution in [0.2, 0.25) is 10.2 Å². The number of benzene rings is 1. The number of carbonyl (C=O) groups is 1. The number of aromatic nitrogens is 2. The third kappa shape index (κ3) is 2.28. The lowest BCUT2D eigenvalue weighted by Gasteiger charge is -2.03. The van der Waals surface area contributed by atoms with Gasteiger partial charge >= 0.3 is 0 Å². The molecule has 1 aromatic carbocycles. The maximum atomic E-state index is 11.1. The van der Waals surface area contributed by atoms with Gasteiger partial charge in [0, 0.05) is 5.02 Å². The highest BCUT2D eigenvalue weighted by Crippen LogP contribution is 2.27. The minimum Gasteiger partial charge on any atom is -0.298 e. The first-order chi connectivity index (χ1) is 8.54. The zero-order valence-corrected chi connectivity index (χ0v) is 11.5. The van der Waals surface area contributed by atoms with Crippen molar-refractivity contribution in [3.63, 3.8) is 0 Å². The smallest absolute Gasteiger partial charge is 0.155 e. The lowest BCUT2D eigenvalue weighted by atomic mass is 10.1. The highest BCUT2D eigenvalue weighted by molar-refractivity contribution is 6.32. The number of nitrogens with zero attached hydrogens (tertiary/aromatic N) is 2. The average molecular weight is 283 g/mol. The largest absolute Gasteiger partial charge is 0.298 e. The lowest BCUT2D eigenvalue weighted by Crippen LogP contribution is -1.98. The monoisotopic (exact) mass is 282 g/mol. The zero-order valence-electron chi connectivity index (χ0n) is 10.0. The minimum absolute atomic E-state index is 0.135. The van der Waals surface area contributed by atoms with Crippen LogP contribution in [0, 0.1) is 0 Å². The molecule has 0 unspecified atom stereocenters. The van der Waals surface area contributed by atoms with Gasteiger partial charge in [-0.15, -0.1) is 0 Å². The normalized spacial score (nSPS) is 10.9. The maximum absolute atomic E-state index is 11.1. The van der Waals surface area contributed by atoms with Crippen molar-refractivity contribution in [3.8, 4) is 5.69 Å². The fraction of sp³-hybridized carbons (Fsp3) is 0.231. The van der Waals surface area contributed by atoms with E-state index in [9.17, 15) is 4.79 Å². The predicted octanol–water partition coefficient (Wildman–Crippen LogP) is 4.12. The molecule has 0 radical (unpaired) electrons. The summed E-state index contributed by atoms with van der Waals surface area (Å²) in [4.78, 5) is 11.1. The van der Waals surface area contributed by atoms with Gasteiger partial charge in [0.25, 0.3) is 0 Å². The first-order valence-corrected chi connectivity index (χ1v) is 6.29. The maximum Gasteiger partial charge on any atom is 0.155 e. The summed E-state index contributed by atoms with van der Waals surface area (Å²) in [6.07, 6.45) is 0.747. The van der Waals surface area contributed by atoms with Crippen molar-refractivity contribution in [1.82, 2.24) is 9.78 Å². The molecule has 3 nitrogen and oxygen atoms in total. The molecule has 18 heavy (non-hydrogen) atoms. The molecule has 2 aromatic rings. The average Bonchev–Trinajstić information content (AvgIpc) is 2.67. The summed E-state index contributed by atoms with van der Waals surface area (Å²) in [6, 6.07) is 7.12. The Bertz CT molecular complexity index is 573. The van der Waals surface area contributed by atoms with E-state index in [1.54, 1.807) is 28.9 Å². The number of carbonyl (C=O) groups excluding carboxylic acids is 1. The van der Waals surface area contributed by atoms with E-state index in [2.05, 4.69) is 5.10 Å². The van der Waals surface area contributed by atoms with Gasteiger partial charge in [0.1, 0.15) is 5.15 Å². The molecular weight excluding hydrogens is 271 g/mol. The molecule has 94 valence electrons. The van der Waals surface area contributed by atoms with Crippen LogP contribution in [0.25, 0.3) is 5.69 Å². The molecule has 5 heteroatoms. The SMILES string of the molecule is CC(C)c1nn(-c2ccc(Cl)cc2)c(Cl)c1C=O. The molecule has 0 amide bonds.